The lowest BCUT2D eigenvalue weighted by Crippen LogP contribution is -2.28. The van der Waals surface area contributed by atoms with Crippen LogP contribution >= 0.6 is 0 Å². The Morgan fingerprint density at radius 3 is 2.67 bits per heavy atom. The Morgan fingerprint density at radius 2 is 2.08 bits per heavy atom. The molecule has 3 atom stereocenters. The molecule has 0 unspecified atom stereocenters. The van der Waals surface area contributed by atoms with Crippen LogP contribution in [0.1, 0.15) is 25.7 Å². The van der Waals surface area contributed by atoms with Crippen LogP contribution in [-0.2, 0) is 9.47 Å². The van der Waals surface area contributed by atoms with Crippen molar-refractivity contribution in [3.63, 3.8) is 0 Å². The fraction of sp³-hybridized carbons (Fsp3) is 1.00. The molecule has 0 aromatic carbocycles. The van der Waals surface area contributed by atoms with Crippen molar-refractivity contribution in [3.05, 3.63) is 0 Å². The summed E-state index contributed by atoms with van der Waals surface area (Å²) in [6.45, 7) is 1.57. The molecule has 0 spiro atoms. The van der Waals surface area contributed by atoms with Crippen LogP contribution in [0.2, 0.25) is 0 Å². The maximum Gasteiger partial charge on any atom is 0.0842 e. The highest BCUT2D eigenvalue weighted by Crippen LogP contribution is 2.28. The molecule has 0 aromatic heterocycles. The highest BCUT2D eigenvalue weighted by atomic mass is 16.6. The SMILES string of the molecule is NC[C@@H]1CC[C@@H]([C@@H]2CCCO2)O1. The van der Waals surface area contributed by atoms with E-state index in [1.54, 1.807) is 0 Å². The van der Waals surface area contributed by atoms with E-state index in [2.05, 4.69) is 0 Å². The van der Waals surface area contributed by atoms with E-state index >= 15 is 0 Å². The van der Waals surface area contributed by atoms with Gasteiger partial charge in [-0.2, -0.15) is 0 Å². The summed E-state index contributed by atoms with van der Waals surface area (Å²) in [5.74, 6) is 0. The lowest BCUT2D eigenvalue weighted by molar-refractivity contribution is -0.0420. The molecule has 0 bridgehead atoms. The molecule has 0 radical (unpaired) electrons. The molecule has 2 aliphatic rings. The molecule has 0 amide bonds. The maximum absolute atomic E-state index is 5.74. The molecule has 2 fully saturated rings. The zero-order valence-electron chi connectivity index (χ0n) is 7.37. The van der Waals surface area contributed by atoms with E-state index in [0.29, 0.717) is 24.9 Å². The van der Waals surface area contributed by atoms with Crippen molar-refractivity contribution in [1.29, 1.82) is 0 Å². The molecule has 2 rings (SSSR count). The van der Waals surface area contributed by atoms with Crippen LogP contribution in [0.25, 0.3) is 0 Å². The second-order valence-corrected chi connectivity index (χ2v) is 3.66. The summed E-state index contributed by atoms with van der Waals surface area (Å²) >= 11 is 0. The van der Waals surface area contributed by atoms with Crippen molar-refractivity contribution in [2.45, 2.75) is 44.0 Å². The Kier molecular flexibility index (Phi) is 2.63. The largest absolute Gasteiger partial charge is 0.376 e. The Bertz CT molecular complexity index is 145. The number of rotatable bonds is 2. The Hall–Kier alpha value is -0.120. The maximum atomic E-state index is 5.74. The number of hydrogen-bond acceptors (Lipinski definition) is 3. The van der Waals surface area contributed by atoms with Crippen molar-refractivity contribution < 1.29 is 9.47 Å². The minimum Gasteiger partial charge on any atom is -0.376 e. The Labute approximate surface area is 73.2 Å². The van der Waals surface area contributed by atoms with Crippen LogP contribution in [0, 0.1) is 0 Å². The Morgan fingerprint density at radius 1 is 1.17 bits per heavy atom. The van der Waals surface area contributed by atoms with Crippen LogP contribution in [0.5, 0.6) is 0 Å². The summed E-state index contributed by atoms with van der Waals surface area (Å²) in [5.41, 5.74) is 5.53. The lowest BCUT2D eigenvalue weighted by atomic mass is 10.1. The van der Waals surface area contributed by atoms with Gasteiger partial charge < -0.3 is 15.2 Å². The topological polar surface area (TPSA) is 44.5 Å². The first kappa shape index (κ1) is 8.48. The zero-order valence-corrected chi connectivity index (χ0v) is 7.37. The molecule has 2 N–H and O–H groups in total. The second-order valence-electron chi connectivity index (χ2n) is 3.66. The molecule has 2 saturated heterocycles. The van der Waals surface area contributed by atoms with Crippen molar-refractivity contribution >= 4 is 0 Å². The van der Waals surface area contributed by atoms with Crippen molar-refractivity contribution in [2.24, 2.45) is 5.73 Å². The third kappa shape index (κ3) is 1.63. The average molecular weight is 171 g/mol. The van der Waals surface area contributed by atoms with E-state index < -0.39 is 0 Å². The zero-order chi connectivity index (χ0) is 8.39. The highest BCUT2D eigenvalue weighted by molar-refractivity contribution is 4.82. The van der Waals surface area contributed by atoms with Crippen LogP contribution < -0.4 is 5.73 Å². The Balaban J connectivity index is 1.81. The standard InChI is InChI=1S/C9H17NO2/c10-6-7-3-4-9(12-7)8-2-1-5-11-8/h7-9H,1-6,10H2/t7-,8-,9-/m0/s1. The van der Waals surface area contributed by atoms with Crippen LogP contribution in [0.4, 0.5) is 0 Å². The van der Waals surface area contributed by atoms with Crippen molar-refractivity contribution in [1.82, 2.24) is 0 Å². The van der Waals surface area contributed by atoms with Crippen LogP contribution in [-0.4, -0.2) is 31.5 Å². The molecule has 3 heteroatoms. The van der Waals surface area contributed by atoms with E-state index in [9.17, 15) is 0 Å². The van der Waals surface area contributed by atoms with Gasteiger partial charge in [-0.15, -0.1) is 0 Å². The molecule has 2 heterocycles. The fourth-order valence-electron chi connectivity index (χ4n) is 2.08. The fourth-order valence-corrected chi connectivity index (χ4v) is 2.08. The van der Waals surface area contributed by atoms with Crippen LogP contribution in [0.3, 0.4) is 0 Å². The molecule has 2 aliphatic heterocycles. The quantitative estimate of drug-likeness (QED) is 0.664. The molecular formula is C9H17NO2. The molecule has 0 saturated carbocycles. The second kappa shape index (κ2) is 3.73. The van der Waals surface area contributed by atoms with Gasteiger partial charge in [-0.25, -0.2) is 0 Å². The first-order valence-electron chi connectivity index (χ1n) is 4.87. The summed E-state index contributed by atoms with van der Waals surface area (Å²) in [5, 5.41) is 0. The first-order chi connectivity index (χ1) is 5.90. The third-order valence-corrected chi connectivity index (χ3v) is 2.78. The summed E-state index contributed by atoms with van der Waals surface area (Å²) in [6.07, 6.45) is 5.59. The number of hydrogen-bond donors (Lipinski definition) is 1. The highest BCUT2D eigenvalue weighted by Gasteiger charge is 2.33. The van der Waals surface area contributed by atoms with Gasteiger partial charge in [-0.05, 0) is 25.7 Å². The minimum absolute atomic E-state index is 0.291. The van der Waals surface area contributed by atoms with Gasteiger partial charge in [0.05, 0.1) is 18.3 Å². The van der Waals surface area contributed by atoms with E-state index in [1.165, 1.54) is 12.8 Å². The van der Waals surface area contributed by atoms with Gasteiger partial charge in [0.25, 0.3) is 0 Å². The van der Waals surface area contributed by atoms with E-state index in [4.69, 9.17) is 15.2 Å². The predicted octanol–water partition coefficient (Wildman–Crippen LogP) is 0.672. The van der Waals surface area contributed by atoms with Gasteiger partial charge in [-0.3, -0.25) is 0 Å². The number of nitrogens with two attached hydrogens (primary N) is 1. The molecule has 0 aromatic rings. The van der Waals surface area contributed by atoms with Gasteiger partial charge in [0.15, 0.2) is 0 Å². The predicted molar refractivity (Wildman–Crippen MR) is 45.9 cm³/mol. The number of ether oxygens (including phenoxy) is 2. The van der Waals surface area contributed by atoms with Crippen LogP contribution in [0.15, 0.2) is 0 Å². The smallest absolute Gasteiger partial charge is 0.0842 e. The van der Waals surface area contributed by atoms with Gasteiger partial charge in [-0.1, -0.05) is 0 Å². The van der Waals surface area contributed by atoms with Crippen molar-refractivity contribution in [2.75, 3.05) is 13.2 Å². The summed E-state index contributed by atoms with van der Waals surface area (Å²) in [4.78, 5) is 0. The van der Waals surface area contributed by atoms with E-state index in [1.807, 2.05) is 0 Å². The molecule has 12 heavy (non-hydrogen) atoms. The lowest BCUT2D eigenvalue weighted by Gasteiger charge is -2.18. The third-order valence-electron chi connectivity index (χ3n) is 2.78. The van der Waals surface area contributed by atoms with E-state index in [-0.39, 0.29) is 0 Å². The van der Waals surface area contributed by atoms with E-state index in [0.717, 1.165) is 19.4 Å². The molecular weight excluding hydrogens is 154 g/mol. The summed E-state index contributed by atoms with van der Waals surface area (Å²) in [7, 11) is 0. The molecule has 70 valence electrons. The summed E-state index contributed by atoms with van der Waals surface area (Å²) < 4.78 is 11.3. The average Bonchev–Trinajstić information content (AvgIpc) is 2.75. The van der Waals surface area contributed by atoms with Gasteiger partial charge >= 0.3 is 0 Å². The first-order valence-corrected chi connectivity index (χ1v) is 4.87. The van der Waals surface area contributed by atoms with Gasteiger partial charge in [0, 0.05) is 13.2 Å². The monoisotopic (exact) mass is 171 g/mol. The molecule has 0 aliphatic carbocycles. The van der Waals surface area contributed by atoms with Gasteiger partial charge in [0.1, 0.15) is 0 Å². The summed E-state index contributed by atoms with van der Waals surface area (Å²) in [6, 6.07) is 0. The van der Waals surface area contributed by atoms with Crippen molar-refractivity contribution in [3.8, 4) is 0 Å². The minimum atomic E-state index is 0.291. The molecule has 3 nitrogen and oxygen atoms in total. The normalized spacial score (nSPS) is 42.2. The van der Waals surface area contributed by atoms with Gasteiger partial charge in [0.2, 0.25) is 0 Å².